The molecule has 31 aromatic rings. The summed E-state index contributed by atoms with van der Waals surface area (Å²) < 4.78 is 25.9. The largest absolute Gasteiger partial charge is 0.397 e. The van der Waals surface area contributed by atoms with Crippen LogP contribution in [0.25, 0.3) is 229 Å². The maximum atomic E-state index is 11.4. The summed E-state index contributed by atoms with van der Waals surface area (Å²) >= 11 is 17.9. The van der Waals surface area contributed by atoms with Gasteiger partial charge in [-0.25, -0.2) is 4.98 Å². The number of carbonyl (C=O) groups is 1. The lowest BCUT2D eigenvalue weighted by Crippen LogP contribution is -2.01. The van der Waals surface area contributed by atoms with Gasteiger partial charge in [0.05, 0.1) is 102 Å². The number of carbonyl (C=O) groups excluding carboxylic acids is 1. The molecule has 4 N–H and O–H groups in total. The number of para-hydroxylation sites is 10. The molecule has 17 heteroatoms. The van der Waals surface area contributed by atoms with E-state index in [2.05, 4.69) is 459 Å². The molecule has 0 spiro atoms. The van der Waals surface area contributed by atoms with Crippen molar-refractivity contribution in [3.63, 3.8) is 0 Å². The van der Waals surface area contributed by atoms with Gasteiger partial charge in [-0.05, 0) is 206 Å². The molecule has 0 aliphatic carbocycles. The average Bonchev–Trinajstić information content (AvgIpc) is 1.54. The fourth-order valence-electron chi connectivity index (χ4n) is 21.8. The normalized spacial score (nSPS) is 12.0. The highest BCUT2D eigenvalue weighted by Crippen LogP contribution is 2.51. The zero-order valence-corrected chi connectivity index (χ0v) is 86.6. The average molecular weight is 2150 g/mol. The second kappa shape index (κ2) is 37.0. The molecule has 11 heterocycles. The van der Waals surface area contributed by atoms with E-state index in [1.165, 1.54) is 212 Å². The maximum Gasteiger partial charge on any atom is 0.150 e. The van der Waals surface area contributed by atoms with Crippen molar-refractivity contribution in [1.82, 2.24) is 27.7 Å². The molecular weight excluding hydrogens is 2070 g/mol. The van der Waals surface area contributed by atoms with E-state index < -0.39 is 0 Å². The van der Waals surface area contributed by atoms with Crippen molar-refractivity contribution in [2.75, 3.05) is 11.5 Å². The van der Waals surface area contributed by atoms with Crippen molar-refractivity contribution in [3.05, 3.63) is 485 Å². The van der Waals surface area contributed by atoms with Crippen LogP contribution in [0.4, 0.5) is 17.1 Å². The maximum absolute atomic E-state index is 11.4. The molecule has 32 rings (SSSR count). The molecule has 10 nitrogen and oxygen atoms in total. The number of nitrogen functional groups attached to an aromatic ring is 2. The molecule has 0 atom stereocenters. The molecule has 0 unspecified atom stereocenters. The predicted octanol–water partition coefficient (Wildman–Crippen LogP) is 38.0. The van der Waals surface area contributed by atoms with E-state index in [1.54, 1.807) is 12.1 Å². The Morgan fingerprint density at radius 2 is 0.612 bits per heavy atom. The summed E-state index contributed by atoms with van der Waals surface area (Å²) in [6, 6.07) is 161. The molecule has 0 fully saturated rings. The van der Waals surface area contributed by atoms with Gasteiger partial charge in [-0.3, -0.25) is 14.2 Å². The molecule has 0 saturated heterocycles. The van der Waals surface area contributed by atoms with E-state index in [0.717, 1.165) is 65.4 Å². The Hall–Kier alpha value is -16.5. The van der Waals surface area contributed by atoms with Crippen LogP contribution in [0.5, 0.6) is 0 Å². The van der Waals surface area contributed by atoms with Gasteiger partial charge < -0.3 is 29.7 Å². The van der Waals surface area contributed by atoms with Gasteiger partial charge in [-0.1, -0.05) is 313 Å². The van der Waals surface area contributed by atoms with Crippen LogP contribution in [0.1, 0.15) is 21.5 Å². The van der Waals surface area contributed by atoms with Crippen LogP contribution >= 0.6 is 93.1 Å². The van der Waals surface area contributed by atoms with Gasteiger partial charge >= 0.3 is 0 Å². The molecule has 21 aromatic carbocycles. The standard InChI is InChI=1S/C37H21N3S.C32H20N2S.C25H15NOS.C24H14BrNS.C6H4Br2.C6H8N2/c1-2-10-22(11-3-1)39-33-21-29-27(23-12-4-7-15-31(23)40-32-16-8-6-14-30(32)38-37(29)40)20-28(33)25-18-19-26-24-13-5-9-17-34(24)41-36(26)35(25)39;1-2-9-22(10-3-1)34-29-19-21(28-18-20-8-4-6-12-27(20)33-28)14-15-23(29)25-16-17-26-24-11-5-7-13-30(24)35-32(26)31(25)34;27-15-16-10-11-18-20-12-13-21-19-8-4-5-9-23(19)28-25(21)24(20)26(22(18)14-16)17-6-2-1-3-7-17;25-15-10-11-17-19-12-13-20-18-8-4-5-9-22(18)27-24(20)23(19)26(21(17)14-15)16-6-2-1-3-7-16;2*7-5-3-1-2-4-6(5)8/h1-21H;1-17,19H,18H2;1-15H;1-14H;1-4H;1-4H,7-8H2. The molecule has 10 aromatic heterocycles. The van der Waals surface area contributed by atoms with E-state index in [-0.39, 0.29) is 0 Å². The number of rotatable bonds is 6. The van der Waals surface area contributed by atoms with Crippen LogP contribution in [0.15, 0.2) is 473 Å². The summed E-state index contributed by atoms with van der Waals surface area (Å²) in [5.41, 5.74) is 36.3. The van der Waals surface area contributed by atoms with Gasteiger partial charge in [0, 0.05) is 164 Å². The molecule has 698 valence electrons. The summed E-state index contributed by atoms with van der Waals surface area (Å²) in [6.07, 6.45) is 1.80. The number of hydrogen-bond acceptors (Lipinski definition) is 9. The number of aldehydes is 1. The minimum atomic E-state index is 0.646. The highest BCUT2D eigenvalue weighted by atomic mass is 79.9. The van der Waals surface area contributed by atoms with Crippen molar-refractivity contribution in [1.29, 1.82) is 0 Å². The Balaban J connectivity index is 0.0000000930. The van der Waals surface area contributed by atoms with E-state index in [4.69, 9.17) is 21.4 Å². The van der Waals surface area contributed by atoms with Crippen LogP contribution in [0.3, 0.4) is 0 Å². The Labute approximate surface area is 883 Å². The third-order valence-electron chi connectivity index (χ3n) is 28.4. The third kappa shape index (κ3) is 15.3. The van der Waals surface area contributed by atoms with Gasteiger partial charge in [-0.15, -0.1) is 45.3 Å². The van der Waals surface area contributed by atoms with Crippen molar-refractivity contribution in [2.24, 2.45) is 4.99 Å². The number of hydrogen-bond donors (Lipinski definition) is 2. The zero-order chi connectivity index (χ0) is 98.2. The third-order valence-corrected chi connectivity index (χ3v) is 35.6. The fourth-order valence-corrected chi connectivity index (χ4v) is 27.7. The topological polar surface area (TPSA) is 118 Å². The molecule has 0 saturated carbocycles. The first-order valence-electron chi connectivity index (χ1n) is 48.6. The molecule has 147 heavy (non-hydrogen) atoms. The highest BCUT2D eigenvalue weighted by Gasteiger charge is 2.27. The smallest absolute Gasteiger partial charge is 0.150 e. The number of nitrogens with zero attached hydrogens (tertiary/aromatic N) is 7. The molecule has 1 aliphatic heterocycles. The van der Waals surface area contributed by atoms with Gasteiger partial charge in [0.25, 0.3) is 0 Å². The minimum Gasteiger partial charge on any atom is -0.397 e. The number of fused-ring (bicyclic) bond motifs is 37. The Morgan fingerprint density at radius 3 is 1.06 bits per heavy atom. The van der Waals surface area contributed by atoms with E-state index in [9.17, 15) is 4.79 Å². The van der Waals surface area contributed by atoms with Crippen LogP contribution in [-0.2, 0) is 6.42 Å². The van der Waals surface area contributed by atoms with Gasteiger partial charge in [0.15, 0.2) is 0 Å². The Bertz CT molecular complexity index is 10700. The van der Waals surface area contributed by atoms with E-state index >= 15 is 0 Å². The van der Waals surface area contributed by atoms with Gasteiger partial charge in [-0.2, -0.15) is 0 Å². The number of anilines is 2. The van der Waals surface area contributed by atoms with Crippen molar-refractivity contribution < 1.29 is 4.79 Å². The summed E-state index contributed by atoms with van der Waals surface area (Å²) in [7, 11) is 0. The SMILES string of the molecule is Brc1ccc2c3ccc4c5ccccc5sc4c3n(-c3ccccc3)c2c1.Brc1ccccc1Br.Nc1ccccc1N.O=Cc1ccc2c3ccc4c5ccccc5sc4c3n(-c3ccccc3)c2c1.c1ccc(-n2c3cc(C4=Nc5ccccc5C4)ccc3c3ccc4c5ccccc5sc4c32)cc1.c1ccc(-n2c3cc4c(cc3c3ccc5c6ccccc6sc5c32)c2ccccc2n2c3ccccc3nc42)cc1. The lowest BCUT2D eigenvalue weighted by molar-refractivity contribution is 0.112. The summed E-state index contributed by atoms with van der Waals surface area (Å²) in [4.78, 5) is 21.6. The summed E-state index contributed by atoms with van der Waals surface area (Å²) in [5.74, 6) is 0. The lowest BCUT2D eigenvalue weighted by atomic mass is 10.0. The van der Waals surface area contributed by atoms with Crippen LogP contribution in [0.2, 0.25) is 0 Å². The Morgan fingerprint density at radius 1 is 0.265 bits per heavy atom. The number of halogens is 3. The molecule has 0 bridgehead atoms. The van der Waals surface area contributed by atoms with Crippen molar-refractivity contribution >= 4 is 328 Å². The van der Waals surface area contributed by atoms with E-state index in [1.807, 2.05) is 99.9 Å². The van der Waals surface area contributed by atoms with Gasteiger partial charge in [0.1, 0.15) is 11.9 Å². The van der Waals surface area contributed by atoms with E-state index in [0.29, 0.717) is 16.9 Å². The Kier molecular flexibility index (Phi) is 22.5. The zero-order valence-electron chi connectivity index (χ0n) is 78.5. The summed E-state index contributed by atoms with van der Waals surface area (Å²) in [6.45, 7) is 0. The molecular formula is C130H82Br3N9OS4. The van der Waals surface area contributed by atoms with Crippen LogP contribution in [0, 0.1) is 0 Å². The number of thiophene rings is 4. The van der Waals surface area contributed by atoms with Crippen molar-refractivity contribution in [2.45, 2.75) is 6.42 Å². The number of pyridine rings is 1. The quantitative estimate of drug-likeness (QED) is 0.0979. The number of aromatic nitrogens is 6. The number of benzene rings is 21. The first-order chi connectivity index (χ1) is 72.5. The monoisotopic (exact) mass is 2150 g/mol. The van der Waals surface area contributed by atoms with Crippen LogP contribution in [-0.4, -0.2) is 39.7 Å². The first-order valence-corrected chi connectivity index (χ1v) is 54.3. The minimum absolute atomic E-state index is 0.646. The second-order valence-corrected chi connectivity index (χ2v) is 43.7. The molecule has 0 radical (unpaired) electrons. The van der Waals surface area contributed by atoms with Gasteiger partial charge in [0.2, 0.25) is 0 Å². The number of imidazole rings is 1. The second-order valence-electron chi connectivity index (χ2n) is 36.8. The number of nitrogens with two attached hydrogens (primary N) is 2. The highest BCUT2D eigenvalue weighted by molar-refractivity contribution is 9.13. The summed E-state index contributed by atoms with van der Waals surface area (Å²) in [5, 5.41) is 24.3. The fraction of sp³-hybridized carbons (Fsp3) is 0.00769. The van der Waals surface area contributed by atoms with Crippen LogP contribution < -0.4 is 11.5 Å². The molecule has 1 aliphatic rings. The molecule has 0 amide bonds. The number of aliphatic imine (C=N–C) groups is 1. The van der Waals surface area contributed by atoms with Crippen molar-refractivity contribution in [3.8, 4) is 22.7 Å². The predicted molar refractivity (Wildman–Crippen MR) is 642 cm³/mol. The lowest BCUT2D eigenvalue weighted by Gasteiger charge is -2.11. The first kappa shape index (κ1) is 89.4.